The zero-order valence-electron chi connectivity index (χ0n) is 13.2. The molecule has 2 rings (SSSR count). The zero-order chi connectivity index (χ0) is 16.9. The highest BCUT2D eigenvalue weighted by Gasteiger charge is 2.16. The fraction of sp³-hybridized carbons (Fsp3) is 0.235. The minimum atomic E-state index is -3.68. The van der Waals surface area contributed by atoms with Gasteiger partial charge >= 0.3 is 0 Å². The Hall–Kier alpha value is -2.34. The van der Waals surface area contributed by atoms with E-state index in [1.165, 1.54) is 12.1 Å². The molecule has 0 radical (unpaired) electrons. The third-order valence-corrected chi connectivity index (χ3v) is 4.71. The molecule has 0 aliphatic rings. The molecule has 0 spiro atoms. The SMILES string of the molecule is CCCNC(=O)c1ccc(C)c(NS(=O)(=O)c2ccccc2)c1. The molecule has 0 heterocycles. The predicted octanol–water partition coefficient (Wildman–Crippen LogP) is 2.94. The Morgan fingerprint density at radius 1 is 1.09 bits per heavy atom. The van der Waals surface area contributed by atoms with Crippen LogP contribution in [0.25, 0.3) is 0 Å². The van der Waals surface area contributed by atoms with Crippen LogP contribution in [0, 0.1) is 6.92 Å². The average molecular weight is 332 g/mol. The van der Waals surface area contributed by atoms with Crippen molar-refractivity contribution in [1.29, 1.82) is 0 Å². The van der Waals surface area contributed by atoms with E-state index in [9.17, 15) is 13.2 Å². The highest BCUT2D eigenvalue weighted by molar-refractivity contribution is 7.92. The van der Waals surface area contributed by atoms with Gasteiger partial charge in [-0.1, -0.05) is 31.2 Å². The van der Waals surface area contributed by atoms with E-state index in [-0.39, 0.29) is 10.8 Å². The van der Waals surface area contributed by atoms with E-state index in [2.05, 4.69) is 10.0 Å². The number of benzene rings is 2. The Morgan fingerprint density at radius 2 is 1.78 bits per heavy atom. The number of rotatable bonds is 6. The van der Waals surface area contributed by atoms with Crippen LogP contribution in [0.15, 0.2) is 53.4 Å². The van der Waals surface area contributed by atoms with Crippen LogP contribution in [0.3, 0.4) is 0 Å². The molecule has 0 bridgehead atoms. The number of carbonyl (C=O) groups is 1. The minimum absolute atomic E-state index is 0.181. The van der Waals surface area contributed by atoms with Gasteiger partial charge in [0.25, 0.3) is 15.9 Å². The summed E-state index contributed by atoms with van der Waals surface area (Å²) in [5.74, 6) is -0.216. The van der Waals surface area contributed by atoms with Crippen molar-refractivity contribution in [2.24, 2.45) is 0 Å². The summed E-state index contributed by atoms with van der Waals surface area (Å²) in [7, 11) is -3.68. The van der Waals surface area contributed by atoms with E-state index in [1.54, 1.807) is 43.3 Å². The van der Waals surface area contributed by atoms with Crippen molar-refractivity contribution < 1.29 is 13.2 Å². The Labute approximate surface area is 136 Å². The third kappa shape index (κ3) is 4.32. The summed E-state index contributed by atoms with van der Waals surface area (Å²) >= 11 is 0. The Bertz CT molecular complexity index is 787. The maximum absolute atomic E-state index is 12.4. The topological polar surface area (TPSA) is 75.3 Å². The molecular weight excluding hydrogens is 312 g/mol. The zero-order valence-corrected chi connectivity index (χ0v) is 14.0. The second kappa shape index (κ2) is 7.28. The number of carbonyl (C=O) groups excluding carboxylic acids is 1. The molecule has 5 nitrogen and oxygen atoms in total. The van der Waals surface area contributed by atoms with Gasteiger partial charge in [0.1, 0.15) is 0 Å². The third-order valence-electron chi connectivity index (χ3n) is 3.33. The number of aryl methyl sites for hydroxylation is 1. The second-order valence-corrected chi connectivity index (χ2v) is 6.89. The summed E-state index contributed by atoms with van der Waals surface area (Å²) in [6.45, 7) is 4.34. The van der Waals surface area contributed by atoms with Crippen molar-refractivity contribution in [2.45, 2.75) is 25.2 Å². The van der Waals surface area contributed by atoms with Gasteiger partial charge < -0.3 is 5.32 Å². The number of hydrogen-bond donors (Lipinski definition) is 2. The lowest BCUT2D eigenvalue weighted by atomic mass is 10.1. The maximum atomic E-state index is 12.4. The van der Waals surface area contributed by atoms with E-state index in [0.717, 1.165) is 12.0 Å². The molecule has 1 amide bonds. The number of nitrogens with one attached hydrogen (secondary N) is 2. The summed E-state index contributed by atoms with van der Waals surface area (Å²) in [4.78, 5) is 12.2. The number of anilines is 1. The first-order valence-corrected chi connectivity index (χ1v) is 8.89. The molecular formula is C17H20N2O3S. The van der Waals surface area contributed by atoms with Crippen LogP contribution in [0.1, 0.15) is 29.3 Å². The number of hydrogen-bond acceptors (Lipinski definition) is 3. The number of amides is 1. The lowest BCUT2D eigenvalue weighted by molar-refractivity contribution is 0.0953. The maximum Gasteiger partial charge on any atom is 0.261 e. The summed E-state index contributed by atoms with van der Waals surface area (Å²) < 4.78 is 27.3. The van der Waals surface area contributed by atoms with E-state index in [0.29, 0.717) is 17.8 Å². The monoisotopic (exact) mass is 332 g/mol. The Morgan fingerprint density at radius 3 is 2.43 bits per heavy atom. The van der Waals surface area contributed by atoms with Crippen molar-refractivity contribution in [3.8, 4) is 0 Å². The minimum Gasteiger partial charge on any atom is -0.352 e. The first-order valence-electron chi connectivity index (χ1n) is 7.41. The van der Waals surface area contributed by atoms with Crippen molar-refractivity contribution in [1.82, 2.24) is 5.32 Å². The summed E-state index contributed by atoms with van der Waals surface area (Å²) in [5.41, 5.74) is 1.57. The van der Waals surface area contributed by atoms with Gasteiger partial charge in [-0.25, -0.2) is 8.42 Å². The predicted molar refractivity (Wildman–Crippen MR) is 91.1 cm³/mol. The molecule has 23 heavy (non-hydrogen) atoms. The molecule has 2 N–H and O–H groups in total. The van der Waals surface area contributed by atoms with Crippen LogP contribution in [-0.4, -0.2) is 20.9 Å². The lowest BCUT2D eigenvalue weighted by Gasteiger charge is -2.12. The lowest BCUT2D eigenvalue weighted by Crippen LogP contribution is -2.24. The summed E-state index contributed by atoms with van der Waals surface area (Å²) in [5, 5.41) is 2.77. The number of sulfonamides is 1. The highest BCUT2D eigenvalue weighted by Crippen LogP contribution is 2.21. The van der Waals surface area contributed by atoms with E-state index >= 15 is 0 Å². The van der Waals surface area contributed by atoms with Gasteiger partial charge in [-0.15, -0.1) is 0 Å². The molecule has 0 aliphatic carbocycles. The van der Waals surface area contributed by atoms with E-state index in [1.807, 2.05) is 6.92 Å². The fourth-order valence-electron chi connectivity index (χ4n) is 2.02. The molecule has 6 heteroatoms. The second-order valence-electron chi connectivity index (χ2n) is 5.20. The first kappa shape index (κ1) is 17.0. The smallest absolute Gasteiger partial charge is 0.261 e. The molecule has 0 fully saturated rings. The van der Waals surface area contributed by atoms with Crippen molar-refractivity contribution in [2.75, 3.05) is 11.3 Å². The van der Waals surface area contributed by atoms with Crippen LogP contribution in [0.4, 0.5) is 5.69 Å². The van der Waals surface area contributed by atoms with Gasteiger partial charge in [-0.3, -0.25) is 9.52 Å². The summed E-state index contributed by atoms with van der Waals surface area (Å²) in [6.07, 6.45) is 0.838. The van der Waals surface area contributed by atoms with Crippen molar-refractivity contribution in [3.63, 3.8) is 0 Å². The van der Waals surface area contributed by atoms with Gasteiger partial charge in [-0.2, -0.15) is 0 Å². The largest absolute Gasteiger partial charge is 0.352 e. The van der Waals surface area contributed by atoms with Crippen LogP contribution in [-0.2, 0) is 10.0 Å². The van der Waals surface area contributed by atoms with Gasteiger partial charge in [0.15, 0.2) is 0 Å². The first-order chi connectivity index (χ1) is 10.9. The van der Waals surface area contributed by atoms with Crippen molar-refractivity contribution >= 4 is 21.6 Å². The van der Waals surface area contributed by atoms with Crippen molar-refractivity contribution in [3.05, 3.63) is 59.7 Å². The highest BCUT2D eigenvalue weighted by atomic mass is 32.2. The molecule has 0 atom stereocenters. The quantitative estimate of drug-likeness (QED) is 0.854. The van der Waals surface area contributed by atoms with Gasteiger partial charge in [0.05, 0.1) is 10.6 Å². The summed E-state index contributed by atoms with van der Waals surface area (Å²) in [6, 6.07) is 13.1. The van der Waals surface area contributed by atoms with Gasteiger partial charge in [0, 0.05) is 12.1 Å². The molecule has 0 unspecified atom stereocenters. The Kier molecular flexibility index (Phi) is 5.39. The van der Waals surface area contributed by atoms with E-state index in [4.69, 9.17) is 0 Å². The molecule has 2 aromatic carbocycles. The molecule has 0 saturated carbocycles. The molecule has 0 aliphatic heterocycles. The fourth-order valence-corrected chi connectivity index (χ4v) is 3.16. The van der Waals surface area contributed by atoms with E-state index < -0.39 is 10.0 Å². The normalized spacial score (nSPS) is 11.0. The average Bonchev–Trinajstić information content (AvgIpc) is 2.55. The molecule has 0 aromatic heterocycles. The van der Waals surface area contributed by atoms with Gasteiger partial charge in [0.2, 0.25) is 0 Å². The molecule has 0 saturated heterocycles. The van der Waals surface area contributed by atoms with Crippen LogP contribution >= 0.6 is 0 Å². The van der Waals surface area contributed by atoms with Crippen LogP contribution in [0.2, 0.25) is 0 Å². The van der Waals surface area contributed by atoms with Crippen LogP contribution in [0.5, 0.6) is 0 Å². The molecule has 2 aromatic rings. The Balaban J connectivity index is 2.28. The van der Waals surface area contributed by atoms with Gasteiger partial charge in [-0.05, 0) is 43.2 Å². The van der Waals surface area contributed by atoms with Crippen LogP contribution < -0.4 is 10.0 Å². The molecule has 122 valence electrons. The standard InChI is InChI=1S/C17H20N2O3S/c1-3-11-18-17(20)14-10-9-13(2)16(12-14)19-23(21,22)15-7-5-4-6-8-15/h4-10,12,19H,3,11H2,1-2H3,(H,18,20).